The SMILES string of the molecule is CN(CCCCCCC(=O)O)C1CCC1. The summed E-state index contributed by atoms with van der Waals surface area (Å²) in [5, 5.41) is 8.46. The van der Waals surface area contributed by atoms with Crippen molar-refractivity contribution in [3.05, 3.63) is 0 Å². The Labute approximate surface area is 92.5 Å². The highest BCUT2D eigenvalue weighted by Crippen LogP contribution is 2.23. The molecule has 1 N–H and O–H groups in total. The summed E-state index contributed by atoms with van der Waals surface area (Å²) >= 11 is 0. The van der Waals surface area contributed by atoms with Gasteiger partial charge >= 0.3 is 5.97 Å². The van der Waals surface area contributed by atoms with E-state index in [4.69, 9.17) is 5.11 Å². The minimum Gasteiger partial charge on any atom is -0.481 e. The van der Waals surface area contributed by atoms with Crippen molar-refractivity contribution in [3.63, 3.8) is 0 Å². The first-order valence-corrected chi connectivity index (χ1v) is 6.12. The lowest BCUT2D eigenvalue weighted by Gasteiger charge is -2.34. The first-order valence-electron chi connectivity index (χ1n) is 6.12. The minimum atomic E-state index is -0.665. The number of rotatable bonds is 8. The maximum atomic E-state index is 10.3. The molecular weight excluding hydrogens is 190 g/mol. The summed E-state index contributed by atoms with van der Waals surface area (Å²) < 4.78 is 0. The summed E-state index contributed by atoms with van der Waals surface area (Å²) in [6.07, 6.45) is 8.75. The van der Waals surface area contributed by atoms with Crippen LogP contribution in [0.25, 0.3) is 0 Å². The molecule has 0 bridgehead atoms. The van der Waals surface area contributed by atoms with Gasteiger partial charge in [-0.05, 0) is 39.3 Å². The first-order chi connectivity index (χ1) is 7.20. The molecule has 3 nitrogen and oxygen atoms in total. The molecule has 15 heavy (non-hydrogen) atoms. The maximum Gasteiger partial charge on any atom is 0.303 e. The van der Waals surface area contributed by atoms with Crippen LogP contribution in [0.3, 0.4) is 0 Å². The van der Waals surface area contributed by atoms with Crippen molar-refractivity contribution in [2.75, 3.05) is 13.6 Å². The van der Waals surface area contributed by atoms with E-state index < -0.39 is 5.97 Å². The molecule has 0 aromatic heterocycles. The summed E-state index contributed by atoms with van der Waals surface area (Å²) in [7, 11) is 2.21. The Morgan fingerprint density at radius 2 is 1.93 bits per heavy atom. The van der Waals surface area contributed by atoms with Crippen molar-refractivity contribution >= 4 is 5.97 Å². The number of nitrogens with zero attached hydrogens (tertiary/aromatic N) is 1. The molecule has 1 aliphatic rings. The molecule has 0 aromatic rings. The van der Waals surface area contributed by atoms with Gasteiger partial charge in [-0.1, -0.05) is 19.3 Å². The molecule has 0 atom stereocenters. The van der Waals surface area contributed by atoms with Crippen LogP contribution in [0.15, 0.2) is 0 Å². The number of hydrogen-bond donors (Lipinski definition) is 1. The van der Waals surface area contributed by atoms with Gasteiger partial charge < -0.3 is 10.0 Å². The molecule has 0 saturated heterocycles. The Kier molecular flexibility index (Phi) is 5.69. The van der Waals surface area contributed by atoms with Gasteiger partial charge in [-0.3, -0.25) is 4.79 Å². The Morgan fingerprint density at radius 3 is 2.47 bits per heavy atom. The molecule has 0 spiro atoms. The van der Waals surface area contributed by atoms with Crippen molar-refractivity contribution in [2.45, 2.75) is 57.4 Å². The summed E-state index contributed by atoms with van der Waals surface area (Å²) in [6, 6.07) is 0.837. The minimum absolute atomic E-state index is 0.332. The predicted octanol–water partition coefficient (Wildman–Crippen LogP) is 2.51. The number of hydrogen-bond acceptors (Lipinski definition) is 2. The number of unbranched alkanes of at least 4 members (excludes halogenated alkanes) is 3. The van der Waals surface area contributed by atoms with Crippen LogP contribution in [0.5, 0.6) is 0 Å². The lowest BCUT2D eigenvalue weighted by Crippen LogP contribution is -2.37. The smallest absolute Gasteiger partial charge is 0.303 e. The van der Waals surface area contributed by atoms with E-state index in [1.807, 2.05) is 0 Å². The fraction of sp³-hybridized carbons (Fsp3) is 0.917. The van der Waals surface area contributed by atoms with Gasteiger partial charge in [-0.15, -0.1) is 0 Å². The van der Waals surface area contributed by atoms with Crippen molar-refractivity contribution in [3.8, 4) is 0 Å². The van der Waals surface area contributed by atoms with E-state index in [0.29, 0.717) is 6.42 Å². The number of carbonyl (C=O) groups is 1. The van der Waals surface area contributed by atoms with Gasteiger partial charge in [0.15, 0.2) is 0 Å². The lowest BCUT2D eigenvalue weighted by molar-refractivity contribution is -0.137. The summed E-state index contributed by atoms with van der Waals surface area (Å²) in [5.41, 5.74) is 0. The zero-order valence-electron chi connectivity index (χ0n) is 9.74. The van der Waals surface area contributed by atoms with E-state index in [0.717, 1.165) is 18.9 Å². The largest absolute Gasteiger partial charge is 0.481 e. The standard InChI is InChI=1S/C12H23NO2/c1-13(11-7-6-8-11)10-5-3-2-4-9-12(14)15/h11H,2-10H2,1H3,(H,14,15). The van der Waals surface area contributed by atoms with Crippen LogP contribution < -0.4 is 0 Å². The normalized spacial score (nSPS) is 16.7. The second-order valence-corrected chi connectivity index (χ2v) is 4.62. The van der Waals surface area contributed by atoms with Gasteiger partial charge in [-0.2, -0.15) is 0 Å². The molecule has 0 aliphatic heterocycles. The zero-order chi connectivity index (χ0) is 11.1. The predicted molar refractivity (Wildman–Crippen MR) is 61.0 cm³/mol. The van der Waals surface area contributed by atoms with Crippen LogP contribution in [-0.4, -0.2) is 35.6 Å². The van der Waals surface area contributed by atoms with Gasteiger partial charge in [0, 0.05) is 12.5 Å². The van der Waals surface area contributed by atoms with E-state index in [9.17, 15) is 4.79 Å². The highest BCUT2D eigenvalue weighted by atomic mass is 16.4. The van der Waals surface area contributed by atoms with Crippen LogP contribution >= 0.6 is 0 Å². The number of aliphatic carboxylic acids is 1. The third-order valence-electron chi connectivity index (χ3n) is 3.35. The molecule has 0 radical (unpaired) electrons. The van der Waals surface area contributed by atoms with E-state index in [2.05, 4.69) is 11.9 Å². The first kappa shape index (κ1) is 12.5. The Morgan fingerprint density at radius 1 is 1.27 bits per heavy atom. The summed E-state index contributed by atoms with van der Waals surface area (Å²) in [6.45, 7) is 1.18. The molecule has 1 aliphatic carbocycles. The third kappa shape index (κ3) is 5.17. The highest BCUT2D eigenvalue weighted by molar-refractivity contribution is 5.66. The van der Waals surface area contributed by atoms with E-state index in [1.54, 1.807) is 0 Å². The molecule has 0 amide bonds. The van der Waals surface area contributed by atoms with E-state index in [1.165, 1.54) is 38.6 Å². The molecule has 0 aromatic carbocycles. The van der Waals surface area contributed by atoms with Crippen LogP contribution in [-0.2, 0) is 4.79 Å². The summed E-state index contributed by atoms with van der Waals surface area (Å²) in [4.78, 5) is 12.7. The van der Waals surface area contributed by atoms with Gasteiger partial charge in [-0.25, -0.2) is 0 Å². The summed E-state index contributed by atoms with van der Waals surface area (Å²) in [5.74, 6) is -0.665. The zero-order valence-corrected chi connectivity index (χ0v) is 9.74. The second-order valence-electron chi connectivity index (χ2n) is 4.62. The van der Waals surface area contributed by atoms with Crippen LogP contribution in [0.1, 0.15) is 51.4 Å². The van der Waals surface area contributed by atoms with E-state index in [-0.39, 0.29) is 0 Å². The number of carboxylic acid groups (broad SMARTS) is 1. The average molecular weight is 213 g/mol. The second kappa shape index (κ2) is 6.83. The van der Waals surface area contributed by atoms with Crippen LogP contribution in [0.4, 0.5) is 0 Å². The lowest BCUT2D eigenvalue weighted by atomic mass is 9.92. The monoisotopic (exact) mass is 213 g/mol. The molecule has 0 heterocycles. The maximum absolute atomic E-state index is 10.3. The molecule has 3 heteroatoms. The van der Waals surface area contributed by atoms with Crippen molar-refractivity contribution in [2.24, 2.45) is 0 Å². The molecule has 1 rings (SSSR count). The van der Waals surface area contributed by atoms with Crippen molar-refractivity contribution in [1.82, 2.24) is 4.90 Å². The fourth-order valence-corrected chi connectivity index (χ4v) is 2.00. The van der Waals surface area contributed by atoms with Crippen molar-refractivity contribution in [1.29, 1.82) is 0 Å². The van der Waals surface area contributed by atoms with Gasteiger partial charge in [0.05, 0.1) is 0 Å². The third-order valence-corrected chi connectivity index (χ3v) is 3.35. The van der Waals surface area contributed by atoms with Gasteiger partial charge in [0.2, 0.25) is 0 Å². The Bertz CT molecular complexity index is 190. The number of carboxylic acids is 1. The quantitative estimate of drug-likeness (QED) is 0.630. The molecule has 1 saturated carbocycles. The van der Waals surface area contributed by atoms with Crippen LogP contribution in [0, 0.1) is 0 Å². The topological polar surface area (TPSA) is 40.5 Å². The van der Waals surface area contributed by atoms with Gasteiger partial charge in [0.1, 0.15) is 0 Å². The van der Waals surface area contributed by atoms with E-state index >= 15 is 0 Å². The Balaban J connectivity index is 1.85. The fourth-order valence-electron chi connectivity index (χ4n) is 2.00. The van der Waals surface area contributed by atoms with Crippen LogP contribution in [0.2, 0.25) is 0 Å². The molecular formula is C12H23NO2. The van der Waals surface area contributed by atoms with Gasteiger partial charge in [0.25, 0.3) is 0 Å². The highest BCUT2D eigenvalue weighted by Gasteiger charge is 2.20. The van der Waals surface area contributed by atoms with Crippen molar-refractivity contribution < 1.29 is 9.90 Å². The Hall–Kier alpha value is -0.570. The molecule has 88 valence electrons. The average Bonchev–Trinajstić information content (AvgIpc) is 2.07. The molecule has 1 fully saturated rings. The molecule has 0 unspecified atom stereocenters.